The largest absolute Gasteiger partial charge is 0.406 e. The second-order valence-corrected chi connectivity index (χ2v) is 12.7. The Hall–Kier alpha value is -0.743. The highest BCUT2D eigenvalue weighted by molar-refractivity contribution is 7.80. The molecule has 3 rings (SSSR count). The molecule has 4 atom stereocenters. The summed E-state index contributed by atoms with van der Waals surface area (Å²) in [5.41, 5.74) is 0. The summed E-state index contributed by atoms with van der Waals surface area (Å²) >= 11 is 6.35. The summed E-state index contributed by atoms with van der Waals surface area (Å²) in [5, 5.41) is 2.46. The molecular weight excluding hydrogens is 395 g/mol. The number of halogens is 1. The molecule has 1 fully saturated rings. The summed E-state index contributed by atoms with van der Waals surface area (Å²) in [5.74, 6) is 0.197. The minimum absolute atomic E-state index is 0.119. The smallest absolute Gasteiger partial charge is 0.252 e. The lowest BCUT2D eigenvalue weighted by molar-refractivity contribution is 0.0508. The molecule has 1 saturated heterocycles. The van der Waals surface area contributed by atoms with Gasteiger partial charge in [0.25, 0.3) is 8.32 Å². The van der Waals surface area contributed by atoms with Crippen LogP contribution >= 0.6 is 18.7 Å². The number of ether oxygens (including phenoxy) is 1. The normalized spacial score (nSPS) is 24.6. The highest BCUT2D eigenvalue weighted by Gasteiger charge is 2.37. The van der Waals surface area contributed by atoms with E-state index in [0.717, 1.165) is 6.16 Å². The quantitative estimate of drug-likeness (QED) is 0.441. The van der Waals surface area contributed by atoms with Crippen LogP contribution in [0.2, 0.25) is 6.55 Å². The van der Waals surface area contributed by atoms with Crippen molar-refractivity contribution in [2.75, 3.05) is 26.0 Å². The summed E-state index contributed by atoms with van der Waals surface area (Å²) in [4.78, 5) is 0. The average Bonchev–Trinajstić information content (AvgIpc) is 3.06. The summed E-state index contributed by atoms with van der Waals surface area (Å²) in [6.07, 6.45) is 1.30. The first-order chi connectivity index (χ1) is 13.5. The summed E-state index contributed by atoms with van der Waals surface area (Å²) in [6, 6.07) is 20.9. The van der Waals surface area contributed by atoms with Crippen LogP contribution in [0, 0.1) is 5.92 Å². The number of hydrogen-bond donors (Lipinski definition) is 0. The number of benzene rings is 2. The molecule has 2 aromatic rings. The van der Waals surface area contributed by atoms with Crippen LogP contribution in [0.25, 0.3) is 0 Å². The van der Waals surface area contributed by atoms with Crippen molar-refractivity contribution < 1.29 is 15.1 Å². The molecule has 1 heterocycles. The third-order valence-electron chi connectivity index (χ3n) is 5.03. The van der Waals surface area contributed by atoms with E-state index >= 15 is 0 Å². The maximum Gasteiger partial charge on any atom is 0.252 e. The van der Waals surface area contributed by atoms with Crippen LogP contribution < -0.4 is 10.4 Å². The predicted octanol–water partition coefficient (Wildman–Crippen LogP) is 4.39. The second-order valence-electron chi connectivity index (χ2n) is 6.83. The maximum atomic E-state index is 8.06. The molecule has 146 valence electrons. The monoisotopic (exact) mass is 424 g/mol. The molecule has 27 heavy (non-hydrogen) atoms. The number of rotatable bonds is 9. The van der Waals surface area contributed by atoms with Crippen molar-refractivity contribution in [2.45, 2.75) is 26.0 Å². The molecule has 1 aliphatic heterocycles. The van der Waals surface area contributed by atoms with E-state index in [1.807, 2.05) is 19.1 Å². The first kappa shape index (κ1) is 19.6. The highest BCUT2D eigenvalue weighted by Crippen LogP contribution is 2.46. The van der Waals surface area contributed by atoms with E-state index in [1.54, 1.807) is 0 Å². The summed E-state index contributed by atoms with van der Waals surface area (Å²) in [7, 11) is -3.38. The Kier molecular flexibility index (Phi) is 7.36. The lowest BCUT2D eigenvalue weighted by Gasteiger charge is -2.31. The lowest BCUT2D eigenvalue weighted by atomic mass is 10.1. The van der Waals surface area contributed by atoms with Crippen molar-refractivity contribution in [2.24, 2.45) is 5.92 Å². The van der Waals surface area contributed by atoms with Crippen molar-refractivity contribution in [3.8, 4) is 0 Å². The van der Waals surface area contributed by atoms with Gasteiger partial charge in [0.15, 0.2) is 0 Å². The molecule has 0 N–H and O–H groups in total. The predicted molar refractivity (Wildman–Crippen MR) is 117 cm³/mol. The van der Waals surface area contributed by atoms with Crippen LogP contribution in [0.4, 0.5) is 0 Å². The third-order valence-corrected chi connectivity index (χ3v) is 10.6. The Labute approximate surface area is 171 Å². The van der Waals surface area contributed by atoms with E-state index < -0.39 is 22.4 Å². The van der Waals surface area contributed by atoms with Crippen molar-refractivity contribution in [1.82, 2.24) is 0 Å². The van der Waals surface area contributed by atoms with Crippen molar-refractivity contribution in [1.29, 1.82) is 0 Å². The minimum Gasteiger partial charge on any atom is -0.406 e. The summed E-state index contributed by atoms with van der Waals surface area (Å²) < 4.78 is 26.2. The molecule has 0 aromatic heterocycles. The maximum absolute atomic E-state index is 8.06. The molecule has 2 aromatic carbocycles. The molecule has 0 amide bonds. The molecule has 3 nitrogen and oxygen atoms in total. The first-order valence-electron chi connectivity index (χ1n) is 9.99. The van der Waals surface area contributed by atoms with E-state index in [0.29, 0.717) is 19.6 Å². The molecule has 6 heteroatoms. The van der Waals surface area contributed by atoms with Crippen LogP contribution in [0.5, 0.6) is 0 Å². The van der Waals surface area contributed by atoms with E-state index in [2.05, 4.69) is 55.1 Å². The van der Waals surface area contributed by atoms with Crippen LogP contribution in [0.3, 0.4) is 0 Å². The Morgan fingerprint density at radius 3 is 2.30 bits per heavy atom. The van der Waals surface area contributed by atoms with Gasteiger partial charge in [-0.1, -0.05) is 71.9 Å². The Balaban J connectivity index is 1.76. The van der Waals surface area contributed by atoms with Gasteiger partial charge in [-0.05, 0) is 36.2 Å². The fourth-order valence-corrected chi connectivity index (χ4v) is 8.19. The van der Waals surface area contributed by atoms with Crippen LogP contribution in [0.15, 0.2) is 60.7 Å². The van der Waals surface area contributed by atoms with Gasteiger partial charge < -0.3 is 13.7 Å². The highest BCUT2D eigenvalue weighted by atomic mass is 35.7. The fraction of sp³-hybridized carbons (Fsp3) is 0.429. The Morgan fingerprint density at radius 1 is 1.15 bits per heavy atom. The molecule has 0 aliphatic carbocycles. The molecule has 2 unspecified atom stereocenters. The fourth-order valence-electron chi connectivity index (χ4n) is 3.40. The topological polar surface area (TPSA) is 27.7 Å². The van der Waals surface area contributed by atoms with Gasteiger partial charge in [0.1, 0.15) is 7.50 Å². The van der Waals surface area contributed by atoms with E-state index in [4.69, 9.17) is 26.3 Å². The van der Waals surface area contributed by atoms with Gasteiger partial charge in [0.05, 0.1) is 14.1 Å². The third kappa shape index (κ3) is 5.41. The standard InChI is InChI=1S/C21H28ClO3PSi/c1-3-24-26(22)17-18-14-15-23-21(18)16-25-27(2,19-10-6-4-7-11-19)20-12-8-5-9-13-20/h4-13,18,21H,3,14-17H2,1-2H3/t18-,21-,26?/m1/s1/i15T/t15?,18-,21-,26?. The zero-order chi connectivity index (χ0) is 20.0. The van der Waals surface area contributed by atoms with Gasteiger partial charge in [-0.3, -0.25) is 0 Å². The molecule has 0 radical (unpaired) electrons. The van der Waals surface area contributed by atoms with E-state index in [9.17, 15) is 0 Å². The van der Waals surface area contributed by atoms with Gasteiger partial charge in [-0.2, -0.15) is 0 Å². The molecule has 0 bridgehead atoms. The van der Waals surface area contributed by atoms with Crippen molar-refractivity contribution in [3.05, 3.63) is 60.7 Å². The second kappa shape index (κ2) is 10.2. The molecule has 0 saturated carbocycles. The van der Waals surface area contributed by atoms with E-state index in [-0.39, 0.29) is 12.0 Å². The van der Waals surface area contributed by atoms with Crippen molar-refractivity contribution >= 4 is 37.4 Å². The number of hydrogen-bond acceptors (Lipinski definition) is 3. The lowest BCUT2D eigenvalue weighted by Crippen LogP contribution is -2.59. The van der Waals surface area contributed by atoms with Crippen LogP contribution in [-0.4, -0.2) is 40.4 Å². The SMILES string of the molecule is [3H]C1C[C@H](CP(Cl)OCC)[C@@H](CO[Si](C)(c2ccccc2)c2ccccc2)O1. The summed E-state index contributed by atoms with van der Waals surface area (Å²) in [6.45, 7) is 4.75. The molecule has 0 spiro atoms. The van der Waals surface area contributed by atoms with Gasteiger partial charge in [0, 0.05) is 19.4 Å². The molecule has 1 aliphatic rings. The van der Waals surface area contributed by atoms with Gasteiger partial charge >= 0.3 is 0 Å². The van der Waals surface area contributed by atoms with Gasteiger partial charge in [-0.25, -0.2) is 0 Å². The van der Waals surface area contributed by atoms with Gasteiger partial charge in [0.2, 0.25) is 0 Å². The molecular formula is C21H28ClO3PSi. The average molecular weight is 425 g/mol. The first-order valence-corrected chi connectivity index (χ1v) is 14.2. The zero-order valence-electron chi connectivity index (χ0n) is 16.9. The van der Waals surface area contributed by atoms with Crippen LogP contribution in [-0.2, 0) is 13.7 Å². The van der Waals surface area contributed by atoms with E-state index in [1.165, 1.54) is 10.4 Å². The van der Waals surface area contributed by atoms with Crippen LogP contribution in [0.1, 0.15) is 14.7 Å². The Bertz CT molecular complexity index is 685. The van der Waals surface area contributed by atoms with Gasteiger partial charge in [-0.15, -0.1) is 0 Å². The Morgan fingerprint density at radius 2 is 1.74 bits per heavy atom. The zero-order valence-corrected chi connectivity index (χ0v) is 18.5. The van der Waals surface area contributed by atoms with Crippen molar-refractivity contribution in [3.63, 3.8) is 0 Å². The minimum atomic E-state index is -2.38.